The van der Waals surface area contributed by atoms with Gasteiger partial charge in [-0.1, -0.05) is 27.7 Å². The van der Waals surface area contributed by atoms with Crippen molar-refractivity contribution in [1.29, 1.82) is 0 Å². The van der Waals surface area contributed by atoms with E-state index in [-0.39, 0.29) is 0 Å². The van der Waals surface area contributed by atoms with E-state index in [9.17, 15) is 0 Å². The predicted molar refractivity (Wildman–Crippen MR) is 85.0 cm³/mol. The van der Waals surface area contributed by atoms with E-state index in [4.69, 9.17) is 4.98 Å². The number of aromatic nitrogens is 1. The van der Waals surface area contributed by atoms with Gasteiger partial charge in [0.05, 0.1) is 0 Å². The topological polar surface area (TPSA) is 12.9 Å². The van der Waals surface area contributed by atoms with Gasteiger partial charge >= 0.3 is 0 Å². The minimum atomic E-state index is 1.23. The molecule has 108 valence electrons. The van der Waals surface area contributed by atoms with Crippen molar-refractivity contribution in [3.8, 4) is 0 Å². The van der Waals surface area contributed by atoms with Crippen LogP contribution in [0.3, 0.4) is 0 Å². The highest BCUT2D eigenvalue weighted by molar-refractivity contribution is 5.41. The standard InChI is InChI=1S/C14H19N.2C2H6/c1-10-11-6-2-4-8-13(11)15-14-9-5-3-7-12(10)14;2*1-2/h2-9H2,1H3;2*1-2H3. The van der Waals surface area contributed by atoms with Crippen molar-refractivity contribution in [1.82, 2.24) is 4.98 Å². The maximum atomic E-state index is 4.91. The Hall–Kier alpha value is -0.850. The molecule has 0 atom stereocenters. The van der Waals surface area contributed by atoms with Crippen molar-refractivity contribution in [2.24, 2.45) is 0 Å². The first kappa shape index (κ1) is 16.2. The molecule has 0 fully saturated rings. The van der Waals surface area contributed by atoms with Gasteiger partial charge in [-0.15, -0.1) is 0 Å². The lowest BCUT2D eigenvalue weighted by Crippen LogP contribution is -2.15. The van der Waals surface area contributed by atoms with Crippen molar-refractivity contribution in [2.45, 2.75) is 86.0 Å². The Balaban J connectivity index is 0.000000415. The predicted octanol–water partition coefficient (Wildman–Crippen LogP) is 5.20. The van der Waals surface area contributed by atoms with Crippen LogP contribution < -0.4 is 0 Å². The smallest absolute Gasteiger partial charge is 0.0441 e. The number of aryl methyl sites for hydroxylation is 2. The fourth-order valence-electron chi connectivity index (χ4n) is 3.18. The Morgan fingerprint density at radius 3 is 1.42 bits per heavy atom. The average molecular weight is 261 g/mol. The van der Waals surface area contributed by atoms with Gasteiger partial charge < -0.3 is 0 Å². The largest absolute Gasteiger partial charge is 0.257 e. The van der Waals surface area contributed by atoms with E-state index in [1.165, 1.54) is 62.8 Å². The first-order valence-electron chi connectivity index (χ1n) is 8.36. The van der Waals surface area contributed by atoms with Gasteiger partial charge in [0, 0.05) is 11.4 Å². The molecular formula is C18H31N. The Morgan fingerprint density at radius 1 is 0.632 bits per heavy atom. The molecule has 0 aliphatic heterocycles. The molecule has 1 nitrogen and oxygen atoms in total. The molecule has 0 amide bonds. The summed E-state index contributed by atoms with van der Waals surface area (Å²) < 4.78 is 0. The van der Waals surface area contributed by atoms with Gasteiger partial charge in [0.15, 0.2) is 0 Å². The Bertz CT molecular complexity index is 359. The number of nitrogens with zero attached hydrogens (tertiary/aromatic N) is 1. The third-order valence-electron chi connectivity index (χ3n) is 4.05. The van der Waals surface area contributed by atoms with Crippen LogP contribution in [0.5, 0.6) is 0 Å². The SMILES string of the molecule is CC.CC.Cc1c2c(nc3c1CCCC3)CCCC2. The summed E-state index contributed by atoms with van der Waals surface area (Å²) in [5.41, 5.74) is 7.65. The van der Waals surface area contributed by atoms with Crippen molar-refractivity contribution >= 4 is 0 Å². The van der Waals surface area contributed by atoms with Gasteiger partial charge in [0.1, 0.15) is 0 Å². The van der Waals surface area contributed by atoms with Gasteiger partial charge in [-0.25, -0.2) is 0 Å². The van der Waals surface area contributed by atoms with Crippen molar-refractivity contribution in [3.05, 3.63) is 28.1 Å². The molecule has 1 heteroatoms. The molecule has 0 spiro atoms. The van der Waals surface area contributed by atoms with Crippen LogP contribution in [0.4, 0.5) is 0 Å². The summed E-state index contributed by atoms with van der Waals surface area (Å²) in [6.45, 7) is 10.3. The second kappa shape index (κ2) is 8.35. The highest BCUT2D eigenvalue weighted by Gasteiger charge is 2.20. The highest BCUT2D eigenvalue weighted by Crippen LogP contribution is 2.30. The molecule has 0 bridgehead atoms. The van der Waals surface area contributed by atoms with Crippen LogP contribution in [-0.2, 0) is 25.7 Å². The fourth-order valence-corrected chi connectivity index (χ4v) is 3.18. The molecule has 0 N–H and O–H groups in total. The first-order valence-corrected chi connectivity index (χ1v) is 8.36. The summed E-state index contributed by atoms with van der Waals surface area (Å²) in [7, 11) is 0. The fraction of sp³-hybridized carbons (Fsp3) is 0.722. The quantitative estimate of drug-likeness (QED) is 0.625. The molecule has 0 saturated heterocycles. The summed E-state index contributed by atoms with van der Waals surface area (Å²) in [4.78, 5) is 4.91. The molecule has 19 heavy (non-hydrogen) atoms. The van der Waals surface area contributed by atoms with Crippen molar-refractivity contribution in [2.75, 3.05) is 0 Å². The minimum absolute atomic E-state index is 1.23. The molecule has 1 aromatic heterocycles. The molecule has 2 aliphatic rings. The number of rotatable bonds is 0. The van der Waals surface area contributed by atoms with Crippen LogP contribution in [0.2, 0.25) is 0 Å². The summed E-state index contributed by atoms with van der Waals surface area (Å²) in [6, 6.07) is 0. The highest BCUT2D eigenvalue weighted by atomic mass is 14.7. The van der Waals surface area contributed by atoms with E-state index in [1.807, 2.05) is 27.7 Å². The lowest BCUT2D eigenvalue weighted by molar-refractivity contribution is 0.621. The van der Waals surface area contributed by atoms with E-state index >= 15 is 0 Å². The monoisotopic (exact) mass is 261 g/mol. The third kappa shape index (κ3) is 3.58. The summed E-state index contributed by atoms with van der Waals surface area (Å²) in [6.07, 6.45) is 10.4. The van der Waals surface area contributed by atoms with Gasteiger partial charge in [0.2, 0.25) is 0 Å². The molecule has 0 aromatic carbocycles. The molecule has 2 aliphatic carbocycles. The number of hydrogen-bond donors (Lipinski definition) is 0. The maximum absolute atomic E-state index is 4.91. The molecule has 0 radical (unpaired) electrons. The first-order chi connectivity index (χ1) is 9.36. The van der Waals surface area contributed by atoms with Gasteiger partial charge in [0.25, 0.3) is 0 Å². The van der Waals surface area contributed by atoms with Crippen LogP contribution in [0.1, 0.15) is 81.5 Å². The lowest BCUT2D eigenvalue weighted by atomic mass is 9.85. The van der Waals surface area contributed by atoms with Gasteiger partial charge in [-0.3, -0.25) is 4.98 Å². The zero-order valence-electron chi connectivity index (χ0n) is 13.6. The Morgan fingerprint density at radius 2 is 1.00 bits per heavy atom. The summed E-state index contributed by atoms with van der Waals surface area (Å²) in [5.74, 6) is 0. The summed E-state index contributed by atoms with van der Waals surface area (Å²) >= 11 is 0. The second-order valence-corrected chi connectivity index (χ2v) is 5.00. The number of pyridine rings is 1. The Kier molecular flexibility index (Phi) is 7.12. The molecule has 1 aromatic rings. The molecule has 3 rings (SSSR count). The van der Waals surface area contributed by atoms with E-state index < -0.39 is 0 Å². The van der Waals surface area contributed by atoms with E-state index in [2.05, 4.69) is 6.92 Å². The zero-order chi connectivity index (χ0) is 14.3. The second-order valence-electron chi connectivity index (χ2n) is 5.00. The average Bonchev–Trinajstić information content (AvgIpc) is 2.52. The van der Waals surface area contributed by atoms with Crippen LogP contribution in [0, 0.1) is 6.92 Å². The van der Waals surface area contributed by atoms with E-state index in [0.717, 1.165) is 0 Å². The Labute approximate surface area is 119 Å². The summed E-state index contributed by atoms with van der Waals surface area (Å²) in [5, 5.41) is 0. The lowest BCUT2D eigenvalue weighted by Gasteiger charge is -2.24. The van der Waals surface area contributed by atoms with Crippen molar-refractivity contribution in [3.63, 3.8) is 0 Å². The number of hydrogen-bond acceptors (Lipinski definition) is 1. The van der Waals surface area contributed by atoms with Crippen LogP contribution in [0.15, 0.2) is 0 Å². The minimum Gasteiger partial charge on any atom is -0.257 e. The molecule has 0 unspecified atom stereocenters. The maximum Gasteiger partial charge on any atom is 0.0441 e. The van der Waals surface area contributed by atoms with Gasteiger partial charge in [-0.05, 0) is 75.0 Å². The third-order valence-corrected chi connectivity index (χ3v) is 4.05. The van der Waals surface area contributed by atoms with E-state index in [0.29, 0.717) is 0 Å². The van der Waals surface area contributed by atoms with Crippen LogP contribution in [-0.4, -0.2) is 4.98 Å². The van der Waals surface area contributed by atoms with Crippen molar-refractivity contribution < 1.29 is 0 Å². The molecular weight excluding hydrogens is 230 g/mol. The van der Waals surface area contributed by atoms with Gasteiger partial charge in [-0.2, -0.15) is 0 Å². The van der Waals surface area contributed by atoms with E-state index in [1.54, 1.807) is 16.7 Å². The van der Waals surface area contributed by atoms with Crippen LogP contribution in [0.25, 0.3) is 0 Å². The number of fused-ring (bicyclic) bond motifs is 2. The van der Waals surface area contributed by atoms with Crippen LogP contribution >= 0.6 is 0 Å². The molecule has 1 heterocycles. The normalized spacial score (nSPS) is 16.1. The zero-order valence-corrected chi connectivity index (χ0v) is 13.6. The molecule has 0 saturated carbocycles.